The van der Waals surface area contributed by atoms with E-state index in [-0.39, 0.29) is 11.4 Å². The zero-order chi connectivity index (χ0) is 14.5. The van der Waals surface area contributed by atoms with E-state index in [4.69, 9.17) is 4.74 Å². The lowest BCUT2D eigenvalue weighted by atomic mass is 10.0. The molecule has 20 heavy (non-hydrogen) atoms. The van der Waals surface area contributed by atoms with Gasteiger partial charge in [0.25, 0.3) is 0 Å². The van der Waals surface area contributed by atoms with Crippen LogP contribution in [0.4, 0.5) is 10.1 Å². The highest BCUT2D eigenvalue weighted by Crippen LogP contribution is 2.32. The minimum Gasteiger partial charge on any atom is -0.490 e. The quantitative estimate of drug-likeness (QED) is 0.655. The third kappa shape index (κ3) is 3.05. The Morgan fingerprint density at radius 2 is 2.20 bits per heavy atom. The fourth-order valence-corrected chi connectivity index (χ4v) is 2.45. The van der Waals surface area contributed by atoms with Gasteiger partial charge in [-0.2, -0.15) is 0 Å². The Kier molecular flexibility index (Phi) is 4.86. The highest BCUT2D eigenvalue weighted by Gasteiger charge is 2.25. The first kappa shape index (κ1) is 14.7. The second-order valence-corrected chi connectivity index (χ2v) is 4.64. The van der Waals surface area contributed by atoms with E-state index in [2.05, 4.69) is 5.32 Å². The van der Waals surface area contributed by atoms with Crippen molar-refractivity contribution in [1.29, 1.82) is 0 Å². The molecule has 1 aliphatic heterocycles. The molecule has 0 saturated carbocycles. The number of piperazine rings is 1. The molecule has 1 fully saturated rings. The number of ether oxygens (including phenoxy) is 1. The van der Waals surface area contributed by atoms with Gasteiger partial charge in [-0.15, -0.1) is 0 Å². The summed E-state index contributed by atoms with van der Waals surface area (Å²) in [6.07, 6.45) is 0. The molecule has 0 unspecified atom stereocenters. The Bertz CT molecular complexity index is 478. The highest BCUT2D eigenvalue weighted by molar-refractivity contribution is 5.49. The first-order chi connectivity index (χ1) is 9.67. The third-order valence-corrected chi connectivity index (χ3v) is 3.52. The van der Waals surface area contributed by atoms with Gasteiger partial charge >= 0.3 is 5.69 Å². The summed E-state index contributed by atoms with van der Waals surface area (Å²) in [5.41, 5.74) is 0.487. The number of hydrogen-bond acceptors (Lipinski definition) is 5. The van der Waals surface area contributed by atoms with E-state index < -0.39 is 17.6 Å². The number of rotatable bonds is 5. The molecule has 110 valence electrons. The van der Waals surface area contributed by atoms with Gasteiger partial charge in [0, 0.05) is 32.2 Å². The van der Waals surface area contributed by atoms with Gasteiger partial charge in [0.1, 0.15) is 6.67 Å². The lowest BCUT2D eigenvalue weighted by Crippen LogP contribution is -2.45. The molecule has 0 amide bonds. The summed E-state index contributed by atoms with van der Waals surface area (Å²) < 4.78 is 18.3. The molecule has 1 saturated heterocycles. The van der Waals surface area contributed by atoms with Crippen LogP contribution >= 0.6 is 0 Å². The molecule has 1 aromatic rings. The number of benzene rings is 1. The summed E-state index contributed by atoms with van der Waals surface area (Å²) in [7, 11) is 1.38. The number of halogens is 1. The maximum Gasteiger partial charge on any atom is 0.311 e. The van der Waals surface area contributed by atoms with Crippen molar-refractivity contribution in [2.45, 2.75) is 6.04 Å². The molecule has 0 aliphatic carbocycles. The Hall–Kier alpha value is -1.73. The van der Waals surface area contributed by atoms with E-state index in [1.807, 2.05) is 4.90 Å². The number of nitrogens with zero attached hydrogens (tertiary/aromatic N) is 2. The summed E-state index contributed by atoms with van der Waals surface area (Å²) in [4.78, 5) is 12.5. The van der Waals surface area contributed by atoms with Gasteiger partial charge in [-0.3, -0.25) is 15.0 Å². The predicted molar refractivity (Wildman–Crippen MR) is 72.8 cm³/mol. The Labute approximate surface area is 116 Å². The molecule has 0 bridgehead atoms. The second-order valence-electron chi connectivity index (χ2n) is 4.64. The van der Waals surface area contributed by atoms with Crippen LogP contribution in [0.5, 0.6) is 5.75 Å². The third-order valence-electron chi connectivity index (χ3n) is 3.52. The van der Waals surface area contributed by atoms with Gasteiger partial charge in [0.05, 0.1) is 18.1 Å². The van der Waals surface area contributed by atoms with Crippen LogP contribution < -0.4 is 10.1 Å². The van der Waals surface area contributed by atoms with Crippen LogP contribution in [-0.2, 0) is 0 Å². The standard InChI is InChI=1S/C13H18FN3O3/c1-20-13-3-2-10(8-11(13)17(18)19)12(9-14)16-6-4-15-5-7-16/h2-3,8,12,15H,4-7,9H2,1H3/t12-/m1/s1. The number of nitro groups is 1. The first-order valence-corrected chi connectivity index (χ1v) is 6.50. The summed E-state index contributed by atoms with van der Waals surface area (Å²) in [6, 6.07) is 4.18. The van der Waals surface area contributed by atoms with Crippen LogP contribution in [0, 0.1) is 10.1 Å². The van der Waals surface area contributed by atoms with Gasteiger partial charge in [-0.1, -0.05) is 6.07 Å². The summed E-state index contributed by atoms with van der Waals surface area (Å²) in [5, 5.41) is 14.2. The van der Waals surface area contributed by atoms with Crippen molar-refractivity contribution in [3.05, 3.63) is 33.9 Å². The number of hydrogen-bond donors (Lipinski definition) is 1. The van der Waals surface area contributed by atoms with Crippen LogP contribution in [0.2, 0.25) is 0 Å². The summed E-state index contributed by atoms with van der Waals surface area (Å²) in [5.74, 6) is 0.191. The summed E-state index contributed by atoms with van der Waals surface area (Å²) >= 11 is 0. The van der Waals surface area contributed by atoms with Crippen molar-refractivity contribution in [2.75, 3.05) is 40.0 Å². The summed E-state index contributed by atoms with van der Waals surface area (Å²) in [6.45, 7) is 2.50. The van der Waals surface area contributed by atoms with E-state index in [0.29, 0.717) is 5.56 Å². The molecular formula is C13H18FN3O3. The van der Waals surface area contributed by atoms with Crippen LogP contribution in [0.3, 0.4) is 0 Å². The molecule has 0 radical (unpaired) electrons. The SMILES string of the molecule is COc1ccc([C@@H](CF)N2CCNCC2)cc1[N+](=O)[O-]. The molecule has 1 aliphatic rings. The van der Waals surface area contributed by atoms with E-state index in [1.54, 1.807) is 6.07 Å². The minimum atomic E-state index is -0.566. The molecule has 7 heteroatoms. The monoisotopic (exact) mass is 283 g/mol. The Morgan fingerprint density at radius 1 is 1.50 bits per heavy atom. The van der Waals surface area contributed by atoms with Gasteiger partial charge in [0.15, 0.2) is 5.75 Å². The fraction of sp³-hybridized carbons (Fsp3) is 0.538. The molecule has 0 aromatic heterocycles. The fourth-order valence-electron chi connectivity index (χ4n) is 2.45. The average molecular weight is 283 g/mol. The van der Waals surface area contributed by atoms with Crippen LogP contribution in [-0.4, -0.2) is 49.8 Å². The van der Waals surface area contributed by atoms with E-state index in [1.165, 1.54) is 19.2 Å². The van der Waals surface area contributed by atoms with E-state index in [0.717, 1.165) is 26.2 Å². The van der Waals surface area contributed by atoms with Crippen molar-refractivity contribution >= 4 is 5.69 Å². The Morgan fingerprint density at radius 3 is 2.75 bits per heavy atom. The highest BCUT2D eigenvalue weighted by atomic mass is 19.1. The number of alkyl halides is 1. The smallest absolute Gasteiger partial charge is 0.311 e. The van der Waals surface area contributed by atoms with Crippen molar-refractivity contribution < 1.29 is 14.1 Å². The number of nitro benzene ring substituents is 1. The first-order valence-electron chi connectivity index (χ1n) is 6.50. The van der Waals surface area contributed by atoms with Crippen LogP contribution in [0.25, 0.3) is 0 Å². The van der Waals surface area contributed by atoms with E-state index >= 15 is 0 Å². The second kappa shape index (κ2) is 6.62. The van der Waals surface area contributed by atoms with Gasteiger partial charge in [-0.05, 0) is 11.6 Å². The molecule has 0 spiro atoms. The molecular weight excluding hydrogens is 265 g/mol. The number of nitrogens with one attached hydrogen (secondary N) is 1. The lowest BCUT2D eigenvalue weighted by molar-refractivity contribution is -0.385. The predicted octanol–water partition coefficient (Wildman–Crippen LogP) is 1.52. The van der Waals surface area contributed by atoms with Gasteiger partial charge < -0.3 is 10.1 Å². The molecule has 6 nitrogen and oxygen atoms in total. The Balaban J connectivity index is 2.29. The average Bonchev–Trinajstić information content (AvgIpc) is 2.49. The molecule has 2 rings (SSSR count). The van der Waals surface area contributed by atoms with Crippen molar-refractivity contribution in [3.63, 3.8) is 0 Å². The molecule has 1 heterocycles. The van der Waals surface area contributed by atoms with Crippen LogP contribution in [0.15, 0.2) is 18.2 Å². The van der Waals surface area contributed by atoms with E-state index in [9.17, 15) is 14.5 Å². The van der Waals surface area contributed by atoms with Crippen molar-refractivity contribution in [3.8, 4) is 5.75 Å². The van der Waals surface area contributed by atoms with Gasteiger partial charge in [0.2, 0.25) is 0 Å². The van der Waals surface area contributed by atoms with Crippen molar-refractivity contribution in [1.82, 2.24) is 10.2 Å². The maximum absolute atomic E-state index is 13.4. The topological polar surface area (TPSA) is 67.6 Å². The largest absolute Gasteiger partial charge is 0.490 e. The molecule has 1 aromatic carbocycles. The number of methoxy groups -OCH3 is 1. The zero-order valence-corrected chi connectivity index (χ0v) is 11.3. The normalized spacial score (nSPS) is 17.7. The maximum atomic E-state index is 13.4. The van der Waals surface area contributed by atoms with Gasteiger partial charge in [-0.25, -0.2) is 4.39 Å². The van der Waals surface area contributed by atoms with Crippen molar-refractivity contribution in [2.24, 2.45) is 0 Å². The van der Waals surface area contributed by atoms with Crippen LogP contribution in [0.1, 0.15) is 11.6 Å². The minimum absolute atomic E-state index is 0.126. The lowest BCUT2D eigenvalue weighted by Gasteiger charge is -2.33. The molecule has 1 N–H and O–H groups in total. The zero-order valence-electron chi connectivity index (χ0n) is 11.3. The molecule has 1 atom stereocenters.